The predicted octanol–water partition coefficient (Wildman–Crippen LogP) is 0.334. The van der Waals surface area contributed by atoms with Crippen LogP contribution in [-0.2, 0) is 13.0 Å². The van der Waals surface area contributed by atoms with Crippen molar-refractivity contribution >= 4 is 28.9 Å². The van der Waals surface area contributed by atoms with Gasteiger partial charge in [-0.3, -0.25) is 0 Å². The Bertz CT molecular complexity index is 855. The van der Waals surface area contributed by atoms with Crippen LogP contribution in [-0.4, -0.2) is 11.0 Å². The van der Waals surface area contributed by atoms with E-state index in [-0.39, 0.29) is 34.4 Å². The molecule has 3 rings (SSSR count). The van der Waals surface area contributed by atoms with Gasteiger partial charge in [0.2, 0.25) is 0 Å². The zero-order valence-corrected chi connectivity index (χ0v) is 17.1. The van der Waals surface area contributed by atoms with E-state index >= 15 is 0 Å². The Kier molecular flexibility index (Phi) is 7.47. The second-order valence-corrected chi connectivity index (χ2v) is 6.66. The Morgan fingerprint density at radius 1 is 1.20 bits per heavy atom. The van der Waals surface area contributed by atoms with Crippen LogP contribution >= 0.6 is 22.9 Å². The molecule has 7 heteroatoms. The fourth-order valence-electron chi connectivity index (χ4n) is 2.21. The number of thiazole rings is 1. The number of benzene rings is 2. The number of carbonyl (C=O) groups excluding carboxylic acids is 1. The van der Waals surface area contributed by atoms with Gasteiger partial charge in [0.25, 0.3) is 0 Å². The fraction of sp³-hybridized carbons (Fsp3) is 0.111. The molecule has 0 amide bonds. The van der Waals surface area contributed by atoms with Crippen molar-refractivity contribution in [2.45, 2.75) is 13.0 Å². The molecule has 0 saturated carbocycles. The minimum Gasteiger partial charge on any atom is -0.544 e. The molecule has 1 aromatic heterocycles. The Morgan fingerprint density at radius 2 is 1.96 bits per heavy atom. The molecule has 2 aromatic carbocycles. The third-order valence-electron chi connectivity index (χ3n) is 3.36. The third kappa shape index (κ3) is 5.56. The van der Waals surface area contributed by atoms with Gasteiger partial charge in [-0.05, 0) is 23.8 Å². The molecule has 0 N–H and O–H groups in total. The molecule has 0 aliphatic carbocycles. The summed E-state index contributed by atoms with van der Waals surface area (Å²) in [5.41, 5.74) is 1.92. The summed E-state index contributed by atoms with van der Waals surface area (Å²) >= 11 is 7.17. The number of hydrogen-bond donors (Lipinski definition) is 0. The standard InChI is InChI=1S/C18H14ClNO3S.Na/c19-14-6-7-15(23-11-12-4-2-1-3-5-12)13(8-14)9-17-20-10-16(24-17)18(21)22;/h1-8,10H,9,11H2,(H,21,22);/q;+1/p-1. The Balaban J connectivity index is 0.00000225. The molecule has 0 aliphatic heterocycles. The van der Waals surface area contributed by atoms with Gasteiger partial charge in [-0.2, -0.15) is 0 Å². The number of nitrogens with zero attached hydrogens (tertiary/aromatic N) is 1. The van der Waals surface area contributed by atoms with Gasteiger partial charge < -0.3 is 14.6 Å². The first-order chi connectivity index (χ1) is 11.6. The first kappa shape index (κ1) is 19.9. The topological polar surface area (TPSA) is 62.2 Å². The number of aromatic nitrogens is 1. The minimum atomic E-state index is -1.22. The van der Waals surface area contributed by atoms with Gasteiger partial charge in [0.15, 0.2) is 0 Å². The van der Waals surface area contributed by atoms with E-state index in [1.807, 2.05) is 42.5 Å². The van der Waals surface area contributed by atoms with E-state index in [9.17, 15) is 9.90 Å². The zero-order chi connectivity index (χ0) is 16.9. The van der Waals surface area contributed by atoms with Crippen LogP contribution in [0.4, 0.5) is 0 Å². The van der Waals surface area contributed by atoms with Gasteiger partial charge in [-0.25, -0.2) is 4.98 Å². The number of rotatable bonds is 6. The molecule has 0 atom stereocenters. The fourth-order valence-corrected chi connectivity index (χ4v) is 3.18. The van der Waals surface area contributed by atoms with Crippen molar-refractivity contribution in [2.75, 3.05) is 0 Å². The van der Waals surface area contributed by atoms with Crippen LogP contribution in [0, 0.1) is 0 Å². The largest absolute Gasteiger partial charge is 1.00 e. The number of aromatic carboxylic acids is 1. The van der Waals surface area contributed by atoms with Gasteiger partial charge in [0, 0.05) is 23.2 Å². The zero-order valence-electron chi connectivity index (χ0n) is 13.6. The number of ether oxygens (including phenoxy) is 1. The number of carbonyl (C=O) groups is 1. The average molecular weight is 382 g/mol. The van der Waals surface area contributed by atoms with Crippen molar-refractivity contribution in [3.63, 3.8) is 0 Å². The maximum atomic E-state index is 10.9. The summed E-state index contributed by atoms with van der Waals surface area (Å²) in [6.07, 6.45) is 1.76. The van der Waals surface area contributed by atoms with Crippen molar-refractivity contribution in [2.24, 2.45) is 0 Å². The summed E-state index contributed by atoms with van der Waals surface area (Å²) < 4.78 is 5.89. The van der Waals surface area contributed by atoms with E-state index < -0.39 is 5.97 Å². The summed E-state index contributed by atoms with van der Waals surface area (Å²) in [4.78, 5) is 15.1. The van der Waals surface area contributed by atoms with Crippen molar-refractivity contribution in [3.05, 3.63) is 80.8 Å². The molecular weight excluding hydrogens is 369 g/mol. The first-order valence-corrected chi connectivity index (χ1v) is 8.42. The van der Waals surface area contributed by atoms with Crippen LogP contribution in [0.3, 0.4) is 0 Å². The monoisotopic (exact) mass is 381 g/mol. The molecule has 122 valence electrons. The van der Waals surface area contributed by atoms with Crippen molar-refractivity contribution in [3.8, 4) is 5.75 Å². The van der Waals surface area contributed by atoms with E-state index in [2.05, 4.69) is 4.98 Å². The Hall–Kier alpha value is -1.37. The van der Waals surface area contributed by atoms with Crippen molar-refractivity contribution < 1.29 is 44.2 Å². The molecule has 0 aliphatic rings. The van der Waals surface area contributed by atoms with Crippen LogP contribution < -0.4 is 39.4 Å². The summed E-state index contributed by atoms with van der Waals surface area (Å²) in [5, 5.41) is 12.1. The first-order valence-electron chi connectivity index (χ1n) is 7.23. The quantitative estimate of drug-likeness (QED) is 0.577. The summed E-state index contributed by atoms with van der Waals surface area (Å²) in [5.74, 6) is -0.515. The Morgan fingerprint density at radius 3 is 2.64 bits per heavy atom. The van der Waals surface area contributed by atoms with Gasteiger partial charge in [0.05, 0.1) is 15.9 Å². The van der Waals surface area contributed by atoms with E-state index in [1.54, 1.807) is 6.07 Å². The van der Waals surface area contributed by atoms with Crippen molar-refractivity contribution in [1.82, 2.24) is 4.98 Å². The SMILES string of the molecule is O=C([O-])c1cnc(Cc2cc(Cl)ccc2OCc2ccccc2)s1.[Na+]. The van der Waals surface area contributed by atoms with E-state index in [1.165, 1.54) is 6.20 Å². The molecule has 0 spiro atoms. The smallest absolute Gasteiger partial charge is 0.544 e. The van der Waals surface area contributed by atoms with Crippen LogP contribution in [0.1, 0.15) is 25.8 Å². The number of halogens is 1. The summed E-state index contributed by atoms with van der Waals surface area (Å²) in [6, 6.07) is 15.2. The normalized spacial score (nSPS) is 10.1. The molecule has 0 unspecified atom stereocenters. The number of hydrogen-bond acceptors (Lipinski definition) is 5. The summed E-state index contributed by atoms with van der Waals surface area (Å²) in [6.45, 7) is 0.442. The van der Waals surface area contributed by atoms with Crippen LogP contribution in [0.5, 0.6) is 5.75 Å². The molecule has 4 nitrogen and oxygen atoms in total. The van der Waals surface area contributed by atoms with Gasteiger partial charge in [-0.15, -0.1) is 11.3 Å². The van der Waals surface area contributed by atoms with Crippen LogP contribution in [0.2, 0.25) is 5.02 Å². The minimum absolute atomic E-state index is 0. The second-order valence-electron chi connectivity index (χ2n) is 5.11. The maximum absolute atomic E-state index is 10.9. The van der Waals surface area contributed by atoms with Crippen molar-refractivity contribution in [1.29, 1.82) is 0 Å². The predicted molar refractivity (Wildman–Crippen MR) is 91.5 cm³/mol. The molecular formula is C18H13ClNNaO3S. The third-order valence-corrected chi connectivity index (χ3v) is 4.57. The molecule has 0 fully saturated rings. The molecule has 3 aromatic rings. The van der Waals surface area contributed by atoms with Gasteiger partial charge >= 0.3 is 29.6 Å². The summed E-state index contributed by atoms with van der Waals surface area (Å²) in [7, 11) is 0. The molecule has 0 saturated heterocycles. The van der Waals surface area contributed by atoms with Gasteiger partial charge in [0.1, 0.15) is 12.4 Å². The maximum Gasteiger partial charge on any atom is 1.00 e. The molecule has 1 heterocycles. The Labute approximate surface area is 176 Å². The molecule has 25 heavy (non-hydrogen) atoms. The van der Waals surface area contributed by atoms with E-state index in [0.717, 1.165) is 22.5 Å². The number of carboxylic acids is 1. The van der Waals surface area contributed by atoms with Crippen LogP contribution in [0.25, 0.3) is 0 Å². The molecule has 0 radical (unpaired) electrons. The number of carboxylic acid groups (broad SMARTS) is 1. The average Bonchev–Trinajstić information content (AvgIpc) is 3.04. The van der Waals surface area contributed by atoms with Gasteiger partial charge in [-0.1, -0.05) is 41.9 Å². The van der Waals surface area contributed by atoms with Crippen LogP contribution in [0.15, 0.2) is 54.7 Å². The second kappa shape index (κ2) is 9.36. The van der Waals surface area contributed by atoms with E-state index in [4.69, 9.17) is 16.3 Å². The van der Waals surface area contributed by atoms with E-state index in [0.29, 0.717) is 28.8 Å². The molecule has 0 bridgehead atoms.